The average Bonchev–Trinajstić information content (AvgIpc) is 3.27. The summed E-state index contributed by atoms with van der Waals surface area (Å²) in [6.45, 7) is 4.10. The second-order valence-electron chi connectivity index (χ2n) is 7.65. The minimum absolute atomic E-state index is 0.0742. The molecule has 0 unspecified atom stereocenters. The first-order valence-corrected chi connectivity index (χ1v) is 11.9. The van der Waals surface area contributed by atoms with Gasteiger partial charge in [0, 0.05) is 16.7 Å². The summed E-state index contributed by atoms with van der Waals surface area (Å²) in [7, 11) is 1.54. The Balaban J connectivity index is 1.64. The SMILES string of the molecule is CCOC(=O)Nc1sc(-c2ccc(OCc3ccccc3F)c(OC)c2)nc1-c1ccc(C)cc1. The van der Waals surface area contributed by atoms with Crippen LogP contribution >= 0.6 is 11.3 Å². The molecule has 0 atom stereocenters. The Labute approximate surface area is 207 Å². The molecule has 0 bridgehead atoms. The Morgan fingerprint density at radius 1 is 1.03 bits per heavy atom. The highest BCUT2D eigenvalue weighted by atomic mass is 32.1. The van der Waals surface area contributed by atoms with Crippen molar-refractivity contribution in [3.05, 3.63) is 83.7 Å². The maximum absolute atomic E-state index is 13.9. The molecule has 4 rings (SSSR count). The van der Waals surface area contributed by atoms with Crippen molar-refractivity contribution in [3.63, 3.8) is 0 Å². The van der Waals surface area contributed by atoms with Gasteiger partial charge in [0.15, 0.2) is 11.5 Å². The number of rotatable bonds is 8. The number of nitrogens with one attached hydrogen (secondary N) is 1. The summed E-state index contributed by atoms with van der Waals surface area (Å²) in [5.41, 5.74) is 3.89. The van der Waals surface area contributed by atoms with Crippen LogP contribution < -0.4 is 14.8 Å². The molecule has 1 aromatic heterocycles. The number of carbonyl (C=O) groups excluding carboxylic acids is 1. The molecule has 0 aliphatic carbocycles. The third-order valence-corrected chi connectivity index (χ3v) is 6.21. The van der Waals surface area contributed by atoms with Crippen molar-refractivity contribution in [1.82, 2.24) is 4.98 Å². The molecular weight excluding hydrogens is 467 g/mol. The lowest BCUT2D eigenvalue weighted by molar-refractivity contribution is 0.168. The Morgan fingerprint density at radius 3 is 2.49 bits per heavy atom. The van der Waals surface area contributed by atoms with Crippen LogP contribution in [0.25, 0.3) is 21.8 Å². The summed E-state index contributed by atoms with van der Waals surface area (Å²) in [6, 6.07) is 19.8. The zero-order chi connectivity index (χ0) is 24.8. The van der Waals surface area contributed by atoms with E-state index in [0.717, 1.165) is 16.7 Å². The summed E-state index contributed by atoms with van der Waals surface area (Å²) in [5, 5.41) is 4.07. The van der Waals surface area contributed by atoms with E-state index in [2.05, 4.69) is 5.32 Å². The smallest absolute Gasteiger partial charge is 0.412 e. The molecule has 0 fully saturated rings. The van der Waals surface area contributed by atoms with E-state index in [1.165, 1.54) is 17.4 Å². The number of anilines is 1. The lowest BCUT2D eigenvalue weighted by Crippen LogP contribution is -2.12. The standard InChI is InChI=1S/C27H25FN2O4S/c1-4-33-27(31)30-26-24(18-11-9-17(2)10-12-18)29-25(35-26)19-13-14-22(23(15-19)32-3)34-16-20-7-5-6-8-21(20)28/h5-15H,4,16H2,1-3H3,(H,30,31). The number of amides is 1. The Kier molecular flexibility index (Phi) is 7.62. The maximum Gasteiger partial charge on any atom is 0.412 e. The van der Waals surface area contributed by atoms with Crippen LogP contribution in [-0.4, -0.2) is 24.8 Å². The van der Waals surface area contributed by atoms with Gasteiger partial charge in [-0.1, -0.05) is 59.4 Å². The predicted molar refractivity (Wildman–Crippen MR) is 136 cm³/mol. The number of benzene rings is 3. The van der Waals surface area contributed by atoms with Gasteiger partial charge in [-0.2, -0.15) is 0 Å². The molecule has 1 amide bonds. The quantitative estimate of drug-likeness (QED) is 0.285. The van der Waals surface area contributed by atoms with Gasteiger partial charge in [-0.25, -0.2) is 14.2 Å². The van der Waals surface area contributed by atoms with Crippen LogP contribution in [0.4, 0.5) is 14.2 Å². The monoisotopic (exact) mass is 492 g/mol. The fourth-order valence-corrected chi connectivity index (χ4v) is 4.36. The van der Waals surface area contributed by atoms with E-state index in [1.54, 1.807) is 38.3 Å². The number of hydrogen-bond donors (Lipinski definition) is 1. The number of aromatic nitrogens is 1. The van der Waals surface area contributed by atoms with Gasteiger partial charge in [0.1, 0.15) is 28.1 Å². The first-order valence-electron chi connectivity index (χ1n) is 11.0. The topological polar surface area (TPSA) is 69.7 Å². The van der Waals surface area contributed by atoms with Crippen molar-refractivity contribution in [1.29, 1.82) is 0 Å². The van der Waals surface area contributed by atoms with Crippen molar-refractivity contribution >= 4 is 22.4 Å². The number of thiazole rings is 1. The summed E-state index contributed by atoms with van der Waals surface area (Å²) in [6.07, 6.45) is -0.537. The summed E-state index contributed by atoms with van der Waals surface area (Å²) in [4.78, 5) is 16.9. The van der Waals surface area contributed by atoms with Gasteiger partial charge in [-0.3, -0.25) is 5.32 Å². The van der Waals surface area contributed by atoms with Gasteiger partial charge in [0.25, 0.3) is 0 Å². The molecule has 8 heteroatoms. The molecule has 0 radical (unpaired) electrons. The molecule has 35 heavy (non-hydrogen) atoms. The molecule has 3 aromatic carbocycles. The lowest BCUT2D eigenvalue weighted by Gasteiger charge is -2.12. The van der Waals surface area contributed by atoms with E-state index in [1.807, 2.05) is 43.3 Å². The van der Waals surface area contributed by atoms with Crippen LogP contribution in [0.3, 0.4) is 0 Å². The van der Waals surface area contributed by atoms with Crippen LogP contribution in [0.2, 0.25) is 0 Å². The first kappa shape index (κ1) is 24.2. The van der Waals surface area contributed by atoms with Crippen molar-refractivity contribution < 1.29 is 23.4 Å². The lowest BCUT2D eigenvalue weighted by atomic mass is 10.1. The molecule has 6 nitrogen and oxygen atoms in total. The molecule has 1 N–H and O–H groups in total. The number of hydrogen-bond acceptors (Lipinski definition) is 6. The molecule has 0 aliphatic heterocycles. The van der Waals surface area contributed by atoms with Crippen LogP contribution in [0.1, 0.15) is 18.1 Å². The maximum atomic E-state index is 13.9. The summed E-state index contributed by atoms with van der Waals surface area (Å²) < 4.78 is 30.3. The molecule has 0 saturated heterocycles. The average molecular weight is 493 g/mol. The van der Waals surface area contributed by atoms with E-state index >= 15 is 0 Å². The van der Waals surface area contributed by atoms with Crippen LogP contribution in [0.15, 0.2) is 66.7 Å². The number of carbonyl (C=O) groups is 1. The number of halogens is 1. The van der Waals surface area contributed by atoms with Crippen molar-refractivity contribution in [3.8, 4) is 33.3 Å². The number of ether oxygens (including phenoxy) is 3. The molecule has 180 valence electrons. The van der Waals surface area contributed by atoms with Gasteiger partial charge in [0.05, 0.1) is 13.7 Å². The molecule has 0 aliphatic rings. The third-order valence-electron chi connectivity index (χ3n) is 5.19. The highest BCUT2D eigenvalue weighted by Crippen LogP contribution is 2.40. The first-order chi connectivity index (χ1) is 17.0. The van der Waals surface area contributed by atoms with E-state index in [9.17, 15) is 9.18 Å². The third kappa shape index (κ3) is 5.78. The zero-order valence-electron chi connectivity index (χ0n) is 19.6. The van der Waals surface area contributed by atoms with Crippen LogP contribution in [-0.2, 0) is 11.3 Å². The minimum Gasteiger partial charge on any atom is -0.493 e. The largest absolute Gasteiger partial charge is 0.493 e. The molecular formula is C27H25FN2O4S. The highest BCUT2D eigenvalue weighted by Gasteiger charge is 2.18. The van der Waals surface area contributed by atoms with Crippen LogP contribution in [0.5, 0.6) is 11.5 Å². The van der Waals surface area contributed by atoms with E-state index in [-0.39, 0.29) is 19.0 Å². The van der Waals surface area contributed by atoms with Crippen molar-refractivity contribution in [2.45, 2.75) is 20.5 Å². The van der Waals surface area contributed by atoms with Crippen LogP contribution in [0, 0.1) is 12.7 Å². The molecule has 1 heterocycles. The van der Waals surface area contributed by atoms with E-state index in [0.29, 0.717) is 32.8 Å². The fraction of sp³-hybridized carbons (Fsp3) is 0.185. The van der Waals surface area contributed by atoms with E-state index in [4.69, 9.17) is 19.2 Å². The van der Waals surface area contributed by atoms with Crippen molar-refractivity contribution in [2.75, 3.05) is 19.0 Å². The Morgan fingerprint density at radius 2 is 1.77 bits per heavy atom. The molecule has 0 spiro atoms. The number of aryl methyl sites for hydroxylation is 1. The van der Waals surface area contributed by atoms with Gasteiger partial charge in [-0.15, -0.1) is 0 Å². The van der Waals surface area contributed by atoms with E-state index < -0.39 is 6.09 Å². The van der Waals surface area contributed by atoms with Gasteiger partial charge >= 0.3 is 6.09 Å². The van der Waals surface area contributed by atoms with Crippen molar-refractivity contribution in [2.24, 2.45) is 0 Å². The highest BCUT2D eigenvalue weighted by molar-refractivity contribution is 7.19. The summed E-state index contributed by atoms with van der Waals surface area (Å²) >= 11 is 1.33. The molecule has 4 aromatic rings. The summed E-state index contributed by atoms with van der Waals surface area (Å²) in [5.74, 6) is 0.654. The van der Waals surface area contributed by atoms with Gasteiger partial charge in [0.2, 0.25) is 0 Å². The Bertz CT molecular complexity index is 1320. The predicted octanol–water partition coefficient (Wildman–Crippen LogP) is 7.08. The normalized spacial score (nSPS) is 10.6. The van der Waals surface area contributed by atoms with Gasteiger partial charge < -0.3 is 14.2 Å². The van der Waals surface area contributed by atoms with Gasteiger partial charge in [-0.05, 0) is 38.1 Å². The zero-order valence-corrected chi connectivity index (χ0v) is 20.4. The molecule has 0 saturated carbocycles. The number of methoxy groups -OCH3 is 1. The second kappa shape index (κ2) is 11.0. The second-order valence-corrected chi connectivity index (χ2v) is 8.65. The fourth-order valence-electron chi connectivity index (χ4n) is 3.39. The Hall–Kier alpha value is -3.91. The minimum atomic E-state index is -0.537. The number of nitrogens with zero attached hydrogens (tertiary/aromatic N) is 1.